The van der Waals surface area contributed by atoms with Gasteiger partial charge in [0.2, 0.25) is 0 Å². The predicted octanol–water partition coefficient (Wildman–Crippen LogP) is 2.55. The predicted molar refractivity (Wildman–Crippen MR) is 60.5 cm³/mol. The van der Waals surface area contributed by atoms with Gasteiger partial charge in [-0.15, -0.1) is 0 Å². The van der Waals surface area contributed by atoms with Crippen molar-refractivity contribution in [3.8, 4) is 0 Å². The van der Waals surface area contributed by atoms with E-state index in [1.54, 1.807) is 0 Å². The average Bonchev–Trinajstić information content (AvgIpc) is 2.97. The van der Waals surface area contributed by atoms with E-state index in [9.17, 15) is 4.79 Å². The first-order valence-corrected chi connectivity index (χ1v) is 5.62. The van der Waals surface area contributed by atoms with Gasteiger partial charge in [0.15, 0.2) is 5.78 Å². The Labute approximate surface area is 89.9 Å². The monoisotopic (exact) mass is 201 g/mol. The fourth-order valence-corrected chi connectivity index (χ4v) is 2.76. The quantitative estimate of drug-likeness (QED) is 0.696. The molecule has 0 aromatic heterocycles. The molecule has 2 heteroatoms. The molecule has 0 unspecified atom stereocenters. The van der Waals surface area contributed by atoms with E-state index < -0.39 is 0 Å². The van der Waals surface area contributed by atoms with Crippen LogP contribution in [0.5, 0.6) is 0 Å². The van der Waals surface area contributed by atoms with E-state index in [2.05, 4.69) is 24.0 Å². The minimum absolute atomic E-state index is 0.134. The van der Waals surface area contributed by atoms with Gasteiger partial charge in [-0.3, -0.25) is 4.79 Å². The van der Waals surface area contributed by atoms with Crippen LogP contribution in [0.15, 0.2) is 18.2 Å². The Morgan fingerprint density at radius 2 is 2.13 bits per heavy atom. The summed E-state index contributed by atoms with van der Waals surface area (Å²) in [6, 6.07) is 6.22. The Kier molecular flexibility index (Phi) is 1.57. The number of aryl methyl sites for hydroxylation is 1. The van der Waals surface area contributed by atoms with Crippen LogP contribution in [0, 0.1) is 6.92 Å². The van der Waals surface area contributed by atoms with E-state index in [4.69, 9.17) is 0 Å². The highest BCUT2D eigenvalue weighted by Crippen LogP contribution is 2.52. The molecule has 0 radical (unpaired) electrons. The van der Waals surface area contributed by atoms with Crippen molar-refractivity contribution in [2.24, 2.45) is 0 Å². The van der Waals surface area contributed by atoms with E-state index in [1.165, 1.54) is 5.56 Å². The summed E-state index contributed by atoms with van der Waals surface area (Å²) in [4.78, 5) is 14.5. The number of nitrogens with zero attached hydrogens (tertiary/aromatic N) is 1. The van der Waals surface area contributed by atoms with Crippen molar-refractivity contribution in [3.63, 3.8) is 0 Å². The Balaban J connectivity index is 2.19. The highest BCUT2D eigenvalue weighted by atomic mass is 16.1. The van der Waals surface area contributed by atoms with E-state index in [1.807, 2.05) is 13.0 Å². The van der Waals surface area contributed by atoms with Gasteiger partial charge >= 0.3 is 0 Å². The van der Waals surface area contributed by atoms with Gasteiger partial charge in [0.25, 0.3) is 0 Å². The molecule has 2 aliphatic rings. The highest BCUT2D eigenvalue weighted by Gasteiger charge is 2.59. The van der Waals surface area contributed by atoms with Crippen LogP contribution in [0.25, 0.3) is 0 Å². The van der Waals surface area contributed by atoms with E-state index in [0.717, 1.165) is 30.6 Å². The number of fused-ring (bicyclic) bond motifs is 1. The van der Waals surface area contributed by atoms with Crippen LogP contribution in [0.3, 0.4) is 0 Å². The van der Waals surface area contributed by atoms with Crippen LogP contribution in [0.4, 0.5) is 5.69 Å². The minimum atomic E-state index is -0.134. The van der Waals surface area contributed by atoms with E-state index in [-0.39, 0.29) is 5.54 Å². The number of anilines is 1. The van der Waals surface area contributed by atoms with Crippen molar-refractivity contribution < 1.29 is 4.79 Å². The lowest BCUT2D eigenvalue weighted by molar-refractivity contribution is 0.0959. The number of likely N-dealkylation sites (N-methyl/N-ethyl adjacent to an activating group) is 1. The van der Waals surface area contributed by atoms with Crippen molar-refractivity contribution in [2.75, 3.05) is 11.4 Å². The summed E-state index contributed by atoms with van der Waals surface area (Å²) in [5, 5.41) is 0. The molecule has 0 atom stereocenters. The molecule has 1 saturated carbocycles. The molecule has 0 bridgehead atoms. The number of hydrogen-bond acceptors (Lipinski definition) is 2. The molecule has 0 N–H and O–H groups in total. The van der Waals surface area contributed by atoms with Crippen molar-refractivity contribution in [2.45, 2.75) is 32.2 Å². The van der Waals surface area contributed by atoms with Crippen LogP contribution in [-0.4, -0.2) is 17.9 Å². The van der Waals surface area contributed by atoms with Crippen LogP contribution < -0.4 is 4.90 Å². The lowest BCUT2D eigenvalue weighted by atomic mass is 10.1. The summed E-state index contributed by atoms with van der Waals surface area (Å²) in [7, 11) is 0. The van der Waals surface area contributed by atoms with Crippen molar-refractivity contribution >= 4 is 11.5 Å². The van der Waals surface area contributed by atoms with E-state index >= 15 is 0 Å². The normalized spacial score (nSPS) is 20.9. The molecular formula is C13H15NO. The number of ketones is 1. The largest absolute Gasteiger partial charge is 0.358 e. The van der Waals surface area contributed by atoms with E-state index in [0.29, 0.717) is 5.78 Å². The van der Waals surface area contributed by atoms with Crippen LogP contribution in [-0.2, 0) is 0 Å². The first-order valence-electron chi connectivity index (χ1n) is 5.62. The second kappa shape index (κ2) is 2.63. The lowest BCUT2D eigenvalue weighted by Gasteiger charge is -2.24. The van der Waals surface area contributed by atoms with Gasteiger partial charge in [0, 0.05) is 17.8 Å². The highest BCUT2D eigenvalue weighted by molar-refractivity contribution is 6.15. The summed E-state index contributed by atoms with van der Waals surface area (Å²) in [5.74, 6) is 0.350. The number of Topliss-reactive ketones (excluding diaryl/α,β-unsaturated/α-hetero) is 1. The fraction of sp³-hybridized carbons (Fsp3) is 0.462. The number of carbonyl (C=O) groups is 1. The van der Waals surface area contributed by atoms with Gasteiger partial charge in [0.05, 0.1) is 0 Å². The van der Waals surface area contributed by atoms with Crippen LogP contribution in [0.2, 0.25) is 0 Å². The van der Waals surface area contributed by atoms with Gasteiger partial charge in [-0.05, 0) is 38.8 Å². The smallest absolute Gasteiger partial charge is 0.190 e. The Morgan fingerprint density at radius 3 is 2.73 bits per heavy atom. The van der Waals surface area contributed by atoms with Gasteiger partial charge in [0.1, 0.15) is 5.54 Å². The van der Waals surface area contributed by atoms with Crippen molar-refractivity contribution in [1.82, 2.24) is 0 Å². The SMILES string of the molecule is CCN1c2ccc(C)cc2C(=O)C12CC2. The number of hydrogen-bond donors (Lipinski definition) is 0. The topological polar surface area (TPSA) is 20.3 Å². The minimum Gasteiger partial charge on any atom is -0.358 e. The molecular weight excluding hydrogens is 186 g/mol. The molecule has 3 rings (SSSR count). The second-order valence-corrected chi connectivity index (χ2v) is 4.63. The molecule has 0 saturated heterocycles. The molecule has 1 aliphatic carbocycles. The fourth-order valence-electron chi connectivity index (χ4n) is 2.76. The Morgan fingerprint density at radius 1 is 1.40 bits per heavy atom. The van der Waals surface area contributed by atoms with Crippen LogP contribution in [0.1, 0.15) is 35.7 Å². The van der Waals surface area contributed by atoms with Crippen molar-refractivity contribution in [3.05, 3.63) is 29.3 Å². The molecule has 1 spiro atoms. The number of rotatable bonds is 1. The van der Waals surface area contributed by atoms with Crippen molar-refractivity contribution in [1.29, 1.82) is 0 Å². The summed E-state index contributed by atoms with van der Waals surface area (Å²) in [5.41, 5.74) is 3.13. The zero-order valence-corrected chi connectivity index (χ0v) is 9.21. The molecule has 15 heavy (non-hydrogen) atoms. The first-order chi connectivity index (χ1) is 7.19. The molecule has 2 nitrogen and oxygen atoms in total. The third-order valence-corrected chi connectivity index (χ3v) is 3.67. The maximum absolute atomic E-state index is 12.3. The Hall–Kier alpha value is -1.31. The Bertz CT molecular complexity index is 446. The van der Waals surface area contributed by atoms with Gasteiger partial charge < -0.3 is 4.90 Å². The first kappa shape index (κ1) is 8.96. The number of benzene rings is 1. The average molecular weight is 201 g/mol. The second-order valence-electron chi connectivity index (χ2n) is 4.63. The third kappa shape index (κ3) is 0.969. The molecule has 78 valence electrons. The molecule has 1 fully saturated rings. The zero-order valence-electron chi connectivity index (χ0n) is 9.21. The van der Waals surface area contributed by atoms with Gasteiger partial charge in [-0.1, -0.05) is 11.6 Å². The summed E-state index contributed by atoms with van der Waals surface area (Å²) in [6.07, 6.45) is 2.07. The molecule has 1 aromatic carbocycles. The third-order valence-electron chi connectivity index (χ3n) is 3.67. The van der Waals surface area contributed by atoms with Crippen LogP contribution >= 0.6 is 0 Å². The standard InChI is InChI=1S/C13H15NO/c1-3-14-11-5-4-9(2)8-10(11)12(15)13(14)6-7-13/h4-5,8H,3,6-7H2,1-2H3. The summed E-state index contributed by atoms with van der Waals surface area (Å²) in [6.45, 7) is 5.10. The molecule has 0 amide bonds. The van der Waals surface area contributed by atoms with Gasteiger partial charge in [-0.25, -0.2) is 0 Å². The summed E-state index contributed by atoms with van der Waals surface area (Å²) >= 11 is 0. The molecule has 1 aromatic rings. The maximum Gasteiger partial charge on any atom is 0.190 e. The maximum atomic E-state index is 12.3. The van der Waals surface area contributed by atoms with Gasteiger partial charge in [-0.2, -0.15) is 0 Å². The molecule has 1 aliphatic heterocycles. The molecule has 1 heterocycles. The summed E-state index contributed by atoms with van der Waals surface area (Å²) < 4.78 is 0. The zero-order chi connectivity index (χ0) is 10.6. The number of carbonyl (C=O) groups excluding carboxylic acids is 1. The lowest BCUT2D eigenvalue weighted by Crippen LogP contribution is -2.37.